The van der Waals surface area contributed by atoms with E-state index in [1.807, 2.05) is 6.92 Å². The topological polar surface area (TPSA) is 54.7 Å². The van der Waals surface area contributed by atoms with E-state index in [0.29, 0.717) is 5.82 Å². The number of halogens is 1. The lowest BCUT2D eigenvalue weighted by Gasteiger charge is -1.68. The van der Waals surface area contributed by atoms with E-state index < -0.39 is 0 Å². The van der Waals surface area contributed by atoms with Crippen LogP contribution in [0.3, 0.4) is 0 Å². The summed E-state index contributed by atoms with van der Waals surface area (Å²) in [5.74, 6) is 0.553. The number of H-pyrrole nitrogens is 1. The van der Waals surface area contributed by atoms with Crippen molar-refractivity contribution in [3.8, 4) is 0 Å². The van der Waals surface area contributed by atoms with Crippen LogP contribution in [0.1, 0.15) is 5.69 Å². The van der Waals surface area contributed by atoms with Crippen molar-refractivity contribution in [3.05, 3.63) is 11.8 Å². The van der Waals surface area contributed by atoms with E-state index in [0.717, 1.165) is 5.69 Å². The third-order valence-corrected chi connectivity index (χ3v) is 0.726. The van der Waals surface area contributed by atoms with Gasteiger partial charge in [0.25, 0.3) is 0 Å². The van der Waals surface area contributed by atoms with Crippen molar-refractivity contribution < 1.29 is 0 Å². The molecule has 1 aromatic heterocycles. The van der Waals surface area contributed by atoms with Crippen LogP contribution in [-0.4, -0.2) is 10.2 Å². The average molecular weight is 134 g/mol. The second kappa shape index (κ2) is 2.57. The maximum atomic E-state index is 5.24. The molecule has 1 rings (SSSR count). The van der Waals surface area contributed by atoms with Crippen LogP contribution in [0.4, 0.5) is 5.82 Å². The molecule has 0 amide bonds. The van der Waals surface area contributed by atoms with Gasteiger partial charge in [-0.05, 0) is 6.92 Å². The van der Waals surface area contributed by atoms with Crippen molar-refractivity contribution in [3.63, 3.8) is 0 Å². The molecule has 0 aliphatic carbocycles. The number of nitrogens with two attached hydrogens (primary N) is 1. The first-order chi connectivity index (χ1) is 3.29. The van der Waals surface area contributed by atoms with Crippen LogP contribution in [0, 0.1) is 6.92 Å². The Morgan fingerprint density at radius 2 is 2.38 bits per heavy atom. The smallest absolute Gasteiger partial charge is 0.145 e. The molecular weight excluding hydrogens is 126 g/mol. The average Bonchev–Trinajstić information content (AvgIpc) is 1.87. The Balaban J connectivity index is 0.000000490. The van der Waals surface area contributed by atoms with Crippen LogP contribution in [-0.2, 0) is 0 Å². The SMILES string of the molecule is Cc1cc(N)n[nH]1.Cl. The maximum Gasteiger partial charge on any atom is 0.145 e. The second-order valence-corrected chi connectivity index (χ2v) is 1.48. The summed E-state index contributed by atoms with van der Waals surface area (Å²) in [6.45, 7) is 1.91. The van der Waals surface area contributed by atoms with E-state index >= 15 is 0 Å². The quantitative estimate of drug-likeness (QED) is 0.548. The van der Waals surface area contributed by atoms with Crippen LogP contribution in [0.25, 0.3) is 0 Å². The van der Waals surface area contributed by atoms with Crippen LogP contribution in [0.2, 0.25) is 0 Å². The van der Waals surface area contributed by atoms with Gasteiger partial charge < -0.3 is 5.73 Å². The van der Waals surface area contributed by atoms with Gasteiger partial charge in [-0.1, -0.05) is 0 Å². The van der Waals surface area contributed by atoms with Crippen molar-refractivity contribution in [1.82, 2.24) is 10.2 Å². The molecule has 1 aromatic rings. The van der Waals surface area contributed by atoms with E-state index in [1.54, 1.807) is 6.07 Å². The van der Waals surface area contributed by atoms with Crippen LogP contribution < -0.4 is 5.73 Å². The van der Waals surface area contributed by atoms with Crippen molar-refractivity contribution in [2.24, 2.45) is 0 Å². The molecule has 0 unspecified atom stereocenters. The minimum Gasteiger partial charge on any atom is -0.382 e. The molecule has 1 heterocycles. The molecule has 0 saturated carbocycles. The predicted molar refractivity (Wildman–Crippen MR) is 35.0 cm³/mol. The minimum atomic E-state index is 0. The van der Waals surface area contributed by atoms with Crippen molar-refractivity contribution in [1.29, 1.82) is 0 Å². The van der Waals surface area contributed by atoms with E-state index in [9.17, 15) is 0 Å². The number of nitrogens with one attached hydrogen (secondary N) is 1. The fraction of sp³-hybridized carbons (Fsp3) is 0.250. The molecule has 0 atom stereocenters. The third-order valence-electron chi connectivity index (χ3n) is 0.726. The van der Waals surface area contributed by atoms with Crippen LogP contribution in [0.15, 0.2) is 6.07 Å². The minimum absolute atomic E-state index is 0. The van der Waals surface area contributed by atoms with Gasteiger partial charge in [0.15, 0.2) is 0 Å². The van der Waals surface area contributed by atoms with Crippen molar-refractivity contribution in [2.75, 3.05) is 5.73 Å². The highest BCUT2D eigenvalue weighted by molar-refractivity contribution is 5.85. The summed E-state index contributed by atoms with van der Waals surface area (Å²) in [6.07, 6.45) is 0. The largest absolute Gasteiger partial charge is 0.382 e. The number of aryl methyl sites for hydroxylation is 1. The zero-order valence-corrected chi connectivity index (χ0v) is 5.33. The Kier molecular flexibility index (Phi) is 2.34. The fourth-order valence-corrected chi connectivity index (χ4v) is 0.439. The van der Waals surface area contributed by atoms with Gasteiger partial charge in [-0.25, -0.2) is 0 Å². The standard InChI is InChI=1S/C4H7N3.ClH/c1-3-2-4(5)7-6-3;/h2H,1H3,(H3,5,6,7);1H. The van der Waals surface area contributed by atoms with Crippen molar-refractivity contribution >= 4 is 18.2 Å². The molecular formula is C4H8ClN3. The Morgan fingerprint density at radius 1 is 1.75 bits per heavy atom. The highest BCUT2D eigenvalue weighted by Crippen LogP contribution is 1.95. The van der Waals surface area contributed by atoms with E-state index in [1.165, 1.54) is 0 Å². The molecule has 46 valence electrons. The molecule has 4 heteroatoms. The van der Waals surface area contributed by atoms with E-state index in [-0.39, 0.29) is 12.4 Å². The number of hydrogen-bond donors (Lipinski definition) is 2. The molecule has 0 aromatic carbocycles. The molecule has 0 saturated heterocycles. The molecule has 0 fully saturated rings. The zero-order chi connectivity index (χ0) is 5.28. The molecule has 3 nitrogen and oxygen atoms in total. The molecule has 0 aliphatic rings. The maximum absolute atomic E-state index is 5.24. The van der Waals surface area contributed by atoms with Crippen molar-refractivity contribution in [2.45, 2.75) is 6.92 Å². The van der Waals surface area contributed by atoms with Gasteiger partial charge in [0.1, 0.15) is 5.82 Å². The Morgan fingerprint density at radius 3 is 2.50 bits per heavy atom. The lowest BCUT2D eigenvalue weighted by Crippen LogP contribution is -1.81. The van der Waals surface area contributed by atoms with Gasteiger partial charge >= 0.3 is 0 Å². The van der Waals surface area contributed by atoms with Gasteiger partial charge in [0.2, 0.25) is 0 Å². The number of nitrogens with zero attached hydrogens (tertiary/aromatic N) is 1. The summed E-state index contributed by atoms with van der Waals surface area (Å²) in [5.41, 5.74) is 6.23. The van der Waals surface area contributed by atoms with Crippen LogP contribution in [0.5, 0.6) is 0 Å². The number of hydrogen-bond acceptors (Lipinski definition) is 2. The van der Waals surface area contributed by atoms with Gasteiger partial charge in [-0.15, -0.1) is 12.4 Å². The zero-order valence-electron chi connectivity index (χ0n) is 4.51. The lowest BCUT2D eigenvalue weighted by atomic mass is 10.5. The molecule has 0 aliphatic heterocycles. The summed E-state index contributed by atoms with van der Waals surface area (Å²) < 4.78 is 0. The Labute approximate surface area is 53.7 Å². The number of aromatic amines is 1. The highest BCUT2D eigenvalue weighted by atomic mass is 35.5. The molecule has 0 bridgehead atoms. The molecule has 8 heavy (non-hydrogen) atoms. The summed E-state index contributed by atoms with van der Waals surface area (Å²) in [7, 11) is 0. The summed E-state index contributed by atoms with van der Waals surface area (Å²) >= 11 is 0. The van der Waals surface area contributed by atoms with E-state index in [4.69, 9.17) is 5.73 Å². The Hall–Kier alpha value is -0.700. The van der Waals surface area contributed by atoms with Gasteiger partial charge in [0, 0.05) is 11.8 Å². The highest BCUT2D eigenvalue weighted by Gasteiger charge is 1.85. The molecule has 3 N–H and O–H groups in total. The second-order valence-electron chi connectivity index (χ2n) is 1.48. The monoisotopic (exact) mass is 133 g/mol. The summed E-state index contributed by atoms with van der Waals surface area (Å²) in [6, 6.07) is 1.78. The number of rotatable bonds is 0. The van der Waals surface area contributed by atoms with Gasteiger partial charge in [0.05, 0.1) is 0 Å². The number of nitrogen functional groups attached to an aromatic ring is 1. The van der Waals surface area contributed by atoms with E-state index in [2.05, 4.69) is 10.2 Å². The lowest BCUT2D eigenvalue weighted by molar-refractivity contribution is 1.05. The fourth-order valence-electron chi connectivity index (χ4n) is 0.439. The number of aromatic nitrogens is 2. The van der Waals surface area contributed by atoms with Crippen LogP contribution >= 0.6 is 12.4 Å². The normalized spacial score (nSPS) is 8.12. The number of anilines is 1. The first-order valence-corrected chi connectivity index (χ1v) is 2.06. The molecule has 0 spiro atoms. The van der Waals surface area contributed by atoms with Gasteiger partial charge in [-0.2, -0.15) is 5.10 Å². The summed E-state index contributed by atoms with van der Waals surface area (Å²) in [5, 5.41) is 6.36. The summed E-state index contributed by atoms with van der Waals surface area (Å²) in [4.78, 5) is 0. The third kappa shape index (κ3) is 1.42. The first kappa shape index (κ1) is 7.30. The molecule has 0 radical (unpaired) electrons. The first-order valence-electron chi connectivity index (χ1n) is 2.06. The Bertz CT molecular complexity index is 144. The van der Waals surface area contributed by atoms with Gasteiger partial charge in [-0.3, -0.25) is 5.10 Å². The predicted octanol–water partition coefficient (Wildman–Crippen LogP) is 0.722.